The molecule has 5 nitrogen and oxygen atoms in total. The Balaban J connectivity index is 1.74. The summed E-state index contributed by atoms with van der Waals surface area (Å²) in [4.78, 5) is 15.0. The second kappa shape index (κ2) is 8.60. The molecule has 2 aromatic carbocycles. The maximum Gasteiger partial charge on any atom is 0.307 e. The predicted octanol–water partition coefficient (Wildman–Crippen LogP) is 5.57. The minimum absolute atomic E-state index is 0.0545. The van der Waals surface area contributed by atoms with Gasteiger partial charge in [-0.25, -0.2) is 0 Å². The molecule has 152 valence electrons. The van der Waals surface area contributed by atoms with Crippen molar-refractivity contribution in [3.05, 3.63) is 48.0 Å². The van der Waals surface area contributed by atoms with Gasteiger partial charge in [-0.15, -0.1) is 0 Å². The van der Waals surface area contributed by atoms with Crippen molar-refractivity contribution >= 4 is 16.9 Å². The highest BCUT2D eigenvalue weighted by Crippen LogP contribution is 2.35. The van der Waals surface area contributed by atoms with Gasteiger partial charge < -0.3 is 19.6 Å². The summed E-state index contributed by atoms with van der Waals surface area (Å²) < 4.78 is 11.8. The van der Waals surface area contributed by atoms with Crippen molar-refractivity contribution in [3.8, 4) is 22.8 Å². The lowest BCUT2D eigenvalue weighted by atomic mass is 9.98. The van der Waals surface area contributed by atoms with Gasteiger partial charge in [-0.2, -0.15) is 0 Å². The van der Waals surface area contributed by atoms with Gasteiger partial charge in [-0.1, -0.05) is 18.6 Å². The third-order valence-corrected chi connectivity index (χ3v) is 5.49. The van der Waals surface area contributed by atoms with E-state index in [1.807, 2.05) is 49.4 Å². The van der Waals surface area contributed by atoms with Crippen molar-refractivity contribution < 1.29 is 19.4 Å². The molecule has 1 aromatic heterocycles. The fourth-order valence-corrected chi connectivity index (χ4v) is 4.16. The molecule has 1 heterocycles. The van der Waals surface area contributed by atoms with Gasteiger partial charge in [0.15, 0.2) is 0 Å². The quantitative estimate of drug-likeness (QED) is 0.550. The maximum atomic E-state index is 11.6. The number of carboxylic acid groups (broad SMARTS) is 1. The zero-order chi connectivity index (χ0) is 20.2. The van der Waals surface area contributed by atoms with Gasteiger partial charge in [0.25, 0.3) is 0 Å². The molecule has 0 radical (unpaired) electrons. The lowest BCUT2D eigenvalue weighted by Gasteiger charge is -2.23. The van der Waals surface area contributed by atoms with Crippen LogP contribution in [0.25, 0.3) is 22.2 Å². The molecule has 29 heavy (non-hydrogen) atoms. The molecule has 0 unspecified atom stereocenters. The Hall–Kier alpha value is -2.95. The van der Waals surface area contributed by atoms with Crippen molar-refractivity contribution in [2.75, 3.05) is 6.61 Å². The third kappa shape index (κ3) is 4.39. The molecular formula is C24H27NO4. The van der Waals surface area contributed by atoms with E-state index in [2.05, 4.69) is 4.98 Å². The molecule has 1 fully saturated rings. The SMILES string of the molecule is CCOc1cccc(-c2[nH]c3ccc(OC4CCCCC4)cc3c2CC(=O)O)c1. The van der Waals surface area contributed by atoms with Crippen LogP contribution >= 0.6 is 0 Å². The highest BCUT2D eigenvalue weighted by Gasteiger charge is 2.19. The molecular weight excluding hydrogens is 366 g/mol. The van der Waals surface area contributed by atoms with Crippen LogP contribution in [0, 0.1) is 0 Å². The first-order valence-corrected chi connectivity index (χ1v) is 10.4. The summed E-state index contributed by atoms with van der Waals surface area (Å²) in [6.45, 7) is 2.53. The molecule has 0 saturated heterocycles. The first kappa shape index (κ1) is 19.4. The van der Waals surface area contributed by atoms with Gasteiger partial charge in [0.2, 0.25) is 0 Å². The molecule has 5 heteroatoms. The first-order chi connectivity index (χ1) is 14.1. The van der Waals surface area contributed by atoms with Crippen LogP contribution in [0.5, 0.6) is 11.5 Å². The number of hydrogen-bond acceptors (Lipinski definition) is 3. The van der Waals surface area contributed by atoms with Crippen molar-refractivity contribution in [1.82, 2.24) is 4.98 Å². The molecule has 2 N–H and O–H groups in total. The number of rotatable bonds is 7. The van der Waals surface area contributed by atoms with Gasteiger partial charge in [-0.3, -0.25) is 4.79 Å². The molecule has 1 saturated carbocycles. The Morgan fingerprint density at radius 1 is 1.10 bits per heavy atom. The monoisotopic (exact) mass is 393 g/mol. The number of carbonyl (C=O) groups is 1. The topological polar surface area (TPSA) is 71.5 Å². The number of aromatic nitrogens is 1. The van der Waals surface area contributed by atoms with Gasteiger partial charge in [0.1, 0.15) is 11.5 Å². The highest BCUT2D eigenvalue weighted by molar-refractivity contribution is 5.94. The molecule has 0 spiro atoms. The van der Waals surface area contributed by atoms with Crippen LogP contribution < -0.4 is 9.47 Å². The number of hydrogen-bond donors (Lipinski definition) is 2. The summed E-state index contributed by atoms with van der Waals surface area (Å²) in [5.74, 6) is 0.725. The molecule has 0 atom stereocenters. The molecule has 0 aliphatic heterocycles. The molecule has 4 rings (SSSR count). The summed E-state index contributed by atoms with van der Waals surface area (Å²) in [7, 11) is 0. The highest BCUT2D eigenvalue weighted by atomic mass is 16.5. The van der Waals surface area contributed by atoms with Crippen molar-refractivity contribution in [2.45, 2.75) is 51.6 Å². The summed E-state index contributed by atoms with van der Waals surface area (Å²) >= 11 is 0. The minimum atomic E-state index is -0.855. The van der Waals surface area contributed by atoms with Gasteiger partial charge in [0.05, 0.1) is 24.8 Å². The number of H-pyrrole nitrogens is 1. The van der Waals surface area contributed by atoms with Crippen LogP contribution in [0.1, 0.15) is 44.6 Å². The van der Waals surface area contributed by atoms with Crippen molar-refractivity contribution in [2.24, 2.45) is 0 Å². The van der Waals surface area contributed by atoms with E-state index in [1.165, 1.54) is 19.3 Å². The van der Waals surface area contributed by atoms with Crippen LogP contribution in [0.4, 0.5) is 0 Å². The predicted molar refractivity (Wildman–Crippen MR) is 114 cm³/mol. The first-order valence-electron chi connectivity index (χ1n) is 10.4. The fourth-order valence-electron chi connectivity index (χ4n) is 4.16. The number of nitrogens with one attached hydrogen (secondary N) is 1. The van der Waals surface area contributed by atoms with E-state index in [9.17, 15) is 9.90 Å². The Kier molecular flexibility index (Phi) is 5.74. The van der Waals surface area contributed by atoms with Crippen LogP contribution in [0.15, 0.2) is 42.5 Å². The van der Waals surface area contributed by atoms with E-state index < -0.39 is 5.97 Å². The van der Waals surface area contributed by atoms with Crippen LogP contribution in [-0.2, 0) is 11.2 Å². The third-order valence-electron chi connectivity index (χ3n) is 5.49. The summed E-state index contributed by atoms with van der Waals surface area (Å²) in [6.07, 6.45) is 6.07. The average molecular weight is 393 g/mol. The lowest BCUT2D eigenvalue weighted by Crippen LogP contribution is -2.19. The summed E-state index contributed by atoms with van der Waals surface area (Å²) in [6, 6.07) is 13.7. The molecule has 1 aliphatic carbocycles. The zero-order valence-corrected chi connectivity index (χ0v) is 16.7. The number of aliphatic carboxylic acids is 1. The Morgan fingerprint density at radius 2 is 1.93 bits per heavy atom. The fraction of sp³-hybridized carbons (Fsp3) is 0.375. The Bertz CT molecular complexity index is 1000. The van der Waals surface area contributed by atoms with Crippen LogP contribution in [0.2, 0.25) is 0 Å². The van der Waals surface area contributed by atoms with Crippen LogP contribution in [0.3, 0.4) is 0 Å². The van der Waals surface area contributed by atoms with E-state index in [0.29, 0.717) is 6.61 Å². The normalized spacial score (nSPS) is 14.8. The molecule has 0 bridgehead atoms. The number of carboxylic acids is 1. The van der Waals surface area contributed by atoms with Gasteiger partial charge in [0, 0.05) is 16.5 Å². The Morgan fingerprint density at radius 3 is 2.69 bits per heavy atom. The molecule has 0 amide bonds. The van der Waals surface area contributed by atoms with E-state index in [1.54, 1.807) is 0 Å². The summed E-state index contributed by atoms with van der Waals surface area (Å²) in [5.41, 5.74) is 3.42. The molecule has 3 aromatic rings. The van der Waals surface area contributed by atoms with Crippen molar-refractivity contribution in [1.29, 1.82) is 0 Å². The van der Waals surface area contributed by atoms with E-state index in [0.717, 1.165) is 52.1 Å². The van der Waals surface area contributed by atoms with Crippen molar-refractivity contribution in [3.63, 3.8) is 0 Å². The van der Waals surface area contributed by atoms with Gasteiger partial charge >= 0.3 is 5.97 Å². The average Bonchev–Trinajstić information content (AvgIpc) is 3.07. The largest absolute Gasteiger partial charge is 0.494 e. The number of ether oxygens (including phenoxy) is 2. The van der Waals surface area contributed by atoms with E-state index in [4.69, 9.17) is 9.47 Å². The molecule has 1 aliphatic rings. The van der Waals surface area contributed by atoms with Crippen LogP contribution in [-0.4, -0.2) is 28.8 Å². The minimum Gasteiger partial charge on any atom is -0.494 e. The second-order valence-electron chi connectivity index (χ2n) is 7.60. The van der Waals surface area contributed by atoms with Gasteiger partial charge in [-0.05, 0) is 68.5 Å². The smallest absolute Gasteiger partial charge is 0.307 e. The Labute approximate surface area is 170 Å². The maximum absolute atomic E-state index is 11.6. The summed E-state index contributed by atoms with van der Waals surface area (Å²) in [5, 5.41) is 10.4. The second-order valence-corrected chi connectivity index (χ2v) is 7.60. The van der Waals surface area contributed by atoms with E-state index in [-0.39, 0.29) is 12.5 Å². The lowest BCUT2D eigenvalue weighted by molar-refractivity contribution is -0.136. The number of benzene rings is 2. The number of fused-ring (bicyclic) bond motifs is 1. The number of aromatic amines is 1. The standard InChI is InChI=1S/C24H27NO4/c1-2-28-18-10-6-7-16(13-18)24-21(15-23(26)27)20-14-19(11-12-22(20)25-24)29-17-8-4-3-5-9-17/h6-7,10-14,17,25H,2-5,8-9,15H2,1H3,(H,26,27). The van der Waals surface area contributed by atoms with E-state index >= 15 is 0 Å². The zero-order valence-electron chi connectivity index (χ0n) is 16.7.